The molecule has 64 valence electrons. The van der Waals surface area contributed by atoms with Crippen LogP contribution in [0.15, 0.2) is 4.99 Å². The van der Waals surface area contributed by atoms with Crippen molar-refractivity contribution in [3.63, 3.8) is 0 Å². The van der Waals surface area contributed by atoms with E-state index < -0.39 is 5.97 Å². The summed E-state index contributed by atoms with van der Waals surface area (Å²) in [5.41, 5.74) is 0. The summed E-state index contributed by atoms with van der Waals surface area (Å²) >= 11 is 1.41. The van der Waals surface area contributed by atoms with Crippen LogP contribution in [-0.4, -0.2) is 36.1 Å². The molecule has 4 nitrogen and oxygen atoms in total. The molecule has 0 saturated heterocycles. The van der Waals surface area contributed by atoms with Crippen LogP contribution in [0.25, 0.3) is 0 Å². The summed E-state index contributed by atoms with van der Waals surface area (Å²) in [6, 6.07) is 0. The van der Waals surface area contributed by atoms with Crippen molar-refractivity contribution < 1.29 is 9.90 Å². The number of carbonyl (C=O) groups is 1. The van der Waals surface area contributed by atoms with E-state index in [9.17, 15) is 4.79 Å². The minimum atomic E-state index is -0.774. The van der Waals surface area contributed by atoms with E-state index in [0.29, 0.717) is 5.75 Å². The number of aliphatic imine (C=N–C) groups is 1. The van der Waals surface area contributed by atoms with E-state index in [-0.39, 0.29) is 6.42 Å². The lowest BCUT2D eigenvalue weighted by Crippen LogP contribution is -2.15. The van der Waals surface area contributed by atoms with Gasteiger partial charge in [-0.05, 0) is 0 Å². The Morgan fingerprint density at radius 1 is 1.73 bits per heavy atom. The van der Waals surface area contributed by atoms with Crippen LogP contribution in [0.3, 0.4) is 0 Å². The number of carboxylic acids is 1. The predicted octanol–water partition coefficient (Wildman–Crippen LogP) is 0.399. The van der Waals surface area contributed by atoms with E-state index in [1.54, 1.807) is 14.1 Å². The standard InChI is InChI=1S/C6H12N2O2S/c1-7-6(8-2)11-4-3-5(9)10/h3-4H2,1-2H3,(H,7,8)(H,9,10). The predicted molar refractivity (Wildman–Crippen MR) is 47.1 cm³/mol. The van der Waals surface area contributed by atoms with Crippen molar-refractivity contribution in [3.8, 4) is 0 Å². The van der Waals surface area contributed by atoms with Crippen molar-refractivity contribution in [2.75, 3.05) is 19.8 Å². The first kappa shape index (κ1) is 10.3. The van der Waals surface area contributed by atoms with E-state index in [1.165, 1.54) is 11.8 Å². The highest BCUT2D eigenvalue weighted by atomic mass is 32.2. The molecule has 0 aliphatic heterocycles. The maximum atomic E-state index is 10.1. The number of nitrogens with zero attached hydrogens (tertiary/aromatic N) is 1. The van der Waals surface area contributed by atoms with Gasteiger partial charge in [-0.1, -0.05) is 11.8 Å². The smallest absolute Gasteiger partial charge is 0.304 e. The average molecular weight is 176 g/mol. The van der Waals surface area contributed by atoms with Crippen molar-refractivity contribution in [2.24, 2.45) is 4.99 Å². The van der Waals surface area contributed by atoms with Gasteiger partial charge in [-0.2, -0.15) is 0 Å². The van der Waals surface area contributed by atoms with Crippen molar-refractivity contribution in [1.82, 2.24) is 5.32 Å². The Balaban J connectivity index is 3.45. The second-order valence-electron chi connectivity index (χ2n) is 1.77. The molecule has 0 atom stereocenters. The molecule has 0 saturated carbocycles. The van der Waals surface area contributed by atoms with Crippen LogP contribution in [0.1, 0.15) is 6.42 Å². The van der Waals surface area contributed by atoms with E-state index >= 15 is 0 Å². The van der Waals surface area contributed by atoms with Crippen LogP contribution in [0.4, 0.5) is 0 Å². The van der Waals surface area contributed by atoms with Gasteiger partial charge in [0.2, 0.25) is 0 Å². The first-order valence-electron chi connectivity index (χ1n) is 3.19. The normalized spacial score (nSPS) is 11.3. The minimum absolute atomic E-state index is 0.172. The molecule has 0 aliphatic carbocycles. The molecule has 0 aliphatic rings. The van der Waals surface area contributed by atoms with E-state index in [1.807, 2.05) is 0 Å². The Kier molecular flexibility index (Phi) is 5.64. The summed E-state index contributed by atoms with van der Waals surface area (Å²) in [6.07, 6.45) is 0.172. The van der Waals surface area contributed by atoms with Crippen LogP contribution in [0.5, 0.6) is 0 Å². The topological polar surface area (TPSA) is 61.7 Å². The molecule has 0 unspecified atom stereocenters. The molecule has 0 aromatic rings. The van der Waals surface area contributed by atoms with Crippen molar-refractivity contribution in [1.29, 1.82) is 0 Å². The van der Waals surface area contributed by atoms with Gasteiger partial charge in [0.05, 0.1) is 6.42 Å². The third kappa shape index (κ3) is 5.72. The van der Waals surface area contributed by atoms with Gasteiger partial charge in [0, 0.05) is 19.8 Å². The highest BCUT2D eigenvalue weighted by Crippen LogP contribution is 2.02. The van der Waals surface area contributed by atoms with E-state index in [4.69, 9.17) is 5.11 Å². The zero-order chi connectivity index (χ0) is 8.69. The zero-order valence-corrected chi connectivity index (χ0v) is 7.44. The largest absolute Gasteiger partial charge is 0.481 e. The lowest BCUT2D eigenvalue weighted by atomic mass is 10.5. The first-order chi connectivity index (χ1) is 5.20. The second-order valence-corrected chi connectivity index (χ2v) is 2.85. The van der Waals surface area contributed by atoms with Gasteiger partial charge >= 0.3 is 5.97 Å². The Labute approximate surface area is 70.1 Å². The van der Waals surface area contributed by atoms with Gasteiger partial charge in [0.15, 0.2) is 5.17 Å². The number of thioether (sulfide) groups is 1. The Morgan fingerprint density at radius 2 is 2.36 bits per heavy atom. The highest BCUT2D eigenvalue weighted by Gasteiger charge is 1.99. The summed E-state index contributed by atoms with van der Waals surface area (Å²) in [6.45, 7) is 0. The van der Waals surface area contributed by atoms with Gasteiger partial charge in [-0.25, -0.2) is 0 Å². The van der Waals surface area contributed by atoms with Crippen molar-refractivity contribution >= 4 is 22.9 Å². The minimum Gasteiger partial charge on any atom is -0.481 e. The average Bonchev–Trinajstić information content (AvgIpc) is 1.98. The molecule has 2 N–H and O–H groups in total. The summed E-state index contributed by atoms with van der Waals surface area (Å²) in [4.78, 5) is 14.0. The molecule has 11 heavy (non-hydrogen) atoms. The third-order valence-electron chi connectivity index (χ3n) is 0.972. The quantitative estimate of drug-likeness (QED) is 0.482. The van der Waals surface area contributed by atoms with Crippen LogP contribution in [0.2, 0.25) is 0 Å². The molecular formula is C6H12N2O2S. The first-order valence-corrected chi connectivity index (χ1v) is 4.18. The maximum absolute atomic E-state index is 10.1. The fraction of sp³-hybridized carbons (Fsp3) is 0.667. The number of hydrogen-bond donors (Lipinski definition) is 2. The molecule has 0 heterocycles. The van der Waals surface area contributed by atoms with E-state index in [2.05, 4.69) is 10.3 Å². The van der Waals surface area contributed by atoms with Crippen LogP contribution in [-0.2, 0) is 4.79 Å². The molecule has 0 aromatic heterocycles. The van der Waals surface area contributed by atoms with Crippen LogP contribution in [0, 0.1) is 0 Å². The lowest BCUT2D eigenvalue weighted by molar-refractivity contribution is -0.136. The monoisotopic (exact) mass is 176 g/mol. The molecule has 0 spiro atoms. The van der Waals surface area contributed by atoms with Gasteiger partial charge in [-0.3, -0.25) is 9.79 Å². The molecule has 0 amide bonds. The number of nitrogens with one attached hydrogen (secondary N) is 1. The summed E-state index contributed by atoms with van der Waals surface area (Å²) in [7, 11) is 3.43. The Morgan fingerprint density at radius 3 is 2.73 bits per heavy atom. The number of carboxylic acid groups (broad SMARTS) is 1. The van der Waals surface area contributed by atoms with Crippen molar-refractivity contribution in [2.45, 2.75) is 6.42 Å². The molecule has 0 fully saturated rings. The summed E-state index contributed by atoms with van der Waals surface area (Å²) < 4.78 is 0. The highest BCUT2D eigenvalue weighted by molar-refractivity contribution is 8.13. The number of aliphatic carboxylic acids is 1. The third-order valence-corrected chi connectivity index (χ3v) is 2.04. The van der Waals surface area contributed by atoms with Gasteiger partial charge < -0.3 is 10.4 Å². The molecule has 5 heteroatoms. The second kappa shape index (κ2) is 6.03. The lowest BCUT2D eigenvalue weighted by Gasteiger charge is -2.01. The Hall–Kier alpha value is -0.710. The summed E-state index contributed by atoms with van der Waals surface area (Å²) in [5.74, 6) is -0.216. The van der Waals surface area contributed by atoms with Gasteiger partial charge in [0.1, 0.15) is 0 Å². The maximum Gasteiger partial charge on any atom is 0.304 e. The summed E-state index contributed by atoms with van der Waals surface area (Å²) in [5, 5.41) is 11.9. The number of hydrogen-bond acceptors (Lipinski definition) is 3. The molecule has 0 bridgehead atoms. The van der Waals surface area contributed by atoms with Crippen molar-refractivity contribution in [3.05, 3.63) is 0 Å². The SMILES string of the molecule is CN=C(NC)SCCC(=O)O. The van der Waals surface area contributed by atoms with Gasteiger partial charge in [-0.15, -0.1) is 0 Å². The Bertz CT molecular complexity index is 159. The van der Waals surface area contributed by atoms with Crippen LogP contribution < -0.4 is 5.32 Å². The fourth-order valence-corrected chi connectivity index (χ4v) is 1.23. The zero-order valence-electron chi connectivity index (χ0n) is 6.63. The van der Waals surface area contributed by atoms with Crippen LogP contribution >= 0.6 is 11.8 Å². The van der Waals surface area contributed by atoms with Gasteiger partial charge in [0.25, 0.3) is 0 Å². The molecule has 0 aromatic carbocycles. The molecular weight excluding hydrogens is 164 g/mol. The number of rotatable bonds is 3. The number of amidine groups is 1. The fourth-order valence-electron chi connectivity index (χ4n) is 0.484. The molecule has 0 rings (SSSR count). The molecule has 0 radical (unpaired) electrons. The van der Waals surface area contributed by atoms with E-state index in [0.717, 1.165) is 5.17 Å².